The molecule has 0 bridgehead atoms. The van der Waals surface area contributed by atoms with Gasteiger partial charge in [0.2, 0.25) is 0 Å². The molecule has 7 nitrogen and oxygen atoms in total. The van der Waals surface area contributed by atoms with Crippen LogP contribution in [0.25, 0.3) is 0 Å². The summed E-state index contributed by atoms with van der Waals surface area (Å²) in [4.78, 5) is 29.0. The molecule has 1 saturated heterocycles. The van der Waals surface area contributed by atoms with Crippen LogP contribution in [0, 0.1) is 11.8 Å². The molecule has 1 aromatic rings. The monoisotopic (exact) mass is 389 g/mol. The smallest absolute Gasteiger partial charge is 0.326 e. The molecule has 1 heterocycles. The number of carbonyl (C=O) groups excluding carboxylic acids is 2. The second kappa shape index (κ2) is 8.39. The lowest BCUT2D eigenvalue weighted by Gasteiger charge is -2.42. The largest absolute Gasteiger partial charge is 0.497 e. The van der Waals surface area contributed by atoms with Crippen LogP contribution in [-0.4, -0.2) is 61.3 Å². The van der Waals surface area contributed by atoms with Gasteiger partial charge < -0.3 is 14.8 Å². The second-order valence-corrected chi connectivity index (χ2v) is 8.01. The van der Waals surface area contributed by atoms with Crippen molar-refractivity contribution in [1.29, 1.82) is 0 Å². The first-order chi connectivity index (χ1) is 13.4. The lowest BCUT2D eigenvalue weighted by atomic mass is 9.67. The number of hydrogen-bond donors (Lipinski definition) is 1. The summed E-state index contributed by atoms with van der Waals surface area (Å²) >= 11 is 0. The van der Waals surface area contributed by atoms with E-state index in [1.54, 1.807) is 7.11 Å². The minimum Gasteiger partial charge on any atom is -0.497 e. The Labute approximate surface area is 167 Å². The molecular formula is C21H31N3O4. The Bertz CT molecular complexity index is 696. The number of nitrogens with zero attached hydrogens (tertiary/aromatic N) is 2. The van der Waals surface area contributed by atoms with E-state index in [-0.39, 0.29) is 30.4 Å². The van der Waals surface area contributed by atoms with E-state index in [4.69, 9.17) is 9.47 Å². The predicted molar refractivity (Wildman–Crippen MR) is 106 cm³/mol. The summed E-state index contributed by atoms with van der Waals surface area (Å²) in [5, 5.41) is 3.03. The SMILES string of the molecule is COc1ccc(OCCN(C)CN2C(=O)NC3(C2=O)[C@@H](C)CCC[C@@H]3C)cc1. The molecule has 3 amide bonds. The van der Waals surface area contributed by atoms with Crippen LogP contribution < -0.4 is 14.8 Å². The van der Waals surface area contributed by atoms with Crippen molar-refractivity contribution in [2.45, 2.75) is 38.6 Å². The van der Waals surface area contributed by atoms with Crippen LogP contribution in [0.2, 0.25) is 0 Å². The molecule has 7 heteroatoms. The maximum absolute atomic E-state index is 13.2. The molecule has 2 fully saturated rings. The van der Waals surface area contributed by atoms with E-state index in [0.29, 0.717) is 13.2 Å². The van der Waals surface area contributed by atoms with Gasteiger partial charge in [0.05, 0.1) is 13.8 Å². The number of imide groups is 1. The Morgan fingerprint density at radius 2 is 1.75 bits per heavy atom. The Hall–Kier alpha value is -2.28. The van der Waals surface area contributed by atoms with Gasteiger partial charge in [-0.1, -0.05) is 20.3 Å². The fourth-order valence-corrected chi connectivity index (χ4v) is 4.38. The molecule has 154 valence electrons. The van der Waals surface area contributed by atoms with E-state index in [1.807, 2.05) is 36.2 Å². The van der Waals surface area contributed by atoms with Gasteiger partial charge in [-0.2, -0.15) is 0 Å². The highest BCUT2D eigenvalue weighted by Gasteiger charge is 2.58. The Morgan fingerprint density at radius 3 is 2.36 bits per heavy atom. The zero-order valence-corrected chi connectivity index (χ0v) is 17.2. The third-order valence-corrected chi connectivity index (χ3v) is 6.17. The molecule has 1 aliphatic heterocycles. The average molecular weight is 389 g/mol. The fourth-order valence-electron chi connectivity index (χ4n) is 4.38. The van der Waals surface area contributed by atoms with Crippen molar-refractivity contribution >= 4 is 11.9 Å². The zero-order valence-electron chi connectivity index (χ0n) is 17.2. The first kappa shape index (κ1) is 20.5. The summed E-state index contributed by atoms with van der Waals surface area (Å²) in [6.45, 7) is 5.47. The molecule has 3 rings (SSSR count). The lowest BCUT2D eigenvalue weighted by molar-refractivity contribution is -0.137. The topological polar surface area (TPSA) is 71.1 Å². The highest BCUT2D eigenvalue weighted by Crippen LogP contribution is 2.42. The van der Waals surface area contributed by atoms with Gasteiger partial charge in [-0.05, 0) is 56.0 Å². The number of amides is 3. The summed E-state index contributed by atoms with van der Waals surface area (Å²) in [6.07, 6.45) is 3.04. The molecule has 0 radical (unpaired) electrons. The van der Waals surface area contributed by atoms with Crippen molar-refractivity contribution in [2.24, 2.45) is 11.8 Å². The van der Waals surface area contributed by atoms with Gasteiger partial charge in [-0.25, -0.2) is 9.69 Å². The number of benzene rings is 1. The average Bonchev–Trinajstić information content (AvgIpc) is 2.92. The first-order valence-corrected chi connectivity index (χ1v) is 9.98. The number of urea groups is 1. The van der Waals surface area contributed by atoms with Crippen molar-refractivity contribution in [3.8, 4) is 11.5 Å². The van der Waals surface area contributed by atoms with Gasteiger partial charge in [0.1, 0.15) is 23.6 Å². The molecule has 1 N–H and O–H groups in total. The van der Waals surface area contributed by atoms with E-state index < -0.39 is 5.54 Å². The number of carbonyl (C=O) groups is 2. The molecule has 1 saturated carbocycles. The van der Waals surface area contributed by atoms with Crippen LogP contribution in [0.15, 0.2) is 24.3 Å². The molecule has 0 unspecified atom stereocenters. The highest BCUT2D eigenvalue weighted by atomic mass is 16.5. The van der Waals surface area contributed by atoms with E-state index in [1.165, 1.54) is 4.90 Å². The van der Waals surface area contributed by atoms with E-state index >= 15 is 0 Å². The number of rotatable bonds is 7. The molecule has 28 heavy (non-hydrogen) atoms. The molecule has 1 aliphatic carbocycles. The van der Waals surface area contributed by atoms with Gasteiger partial charge in [0, 0.05) is 6.54 Å². The van der Waals surface area contributed by atoms with Gasteiger partial charge in [-0.3, -0.25) is 9.69 Å². The van der Waals surface area contributed by atoms with Crippen LogP contribution in [0.1, 0.15) is 33.1 Å². The van der Waals surface area contributed by atoms with Crippen LogP contribution >= 0.6 is 0 Å². The highest BCUT2D eigenvalue weighted by molar-refractivity contribution is 6.07. The minimum absolute atomic E-state index is 0.0832. The van der Waals surface area contributed by atoms with Crippen LogP contribution in [0.3, 0.4) is 0 Å². The van der Waals surface area contributed by atoms with Crippen molar-refractivity contribution in [1.82, 2.24) is 15.1 Å². The fraction of sp³-hybridized carbons (Fsp3) is 0.619. The van der Waals surface area contributed by atoms with Crippen LogP contribution in [0.4, 0.5) is 4.79 Å². The van der Waals surface area contributed by atoms with Gasteiger partial charge in [0.15, 0.2) is 0 Å². The van der Waals surface area contributed by atoms with Gasteiger partial charge in [-0.15, -0.1) is 0 Å². The standard InChI is InChI=1S/C21H31N3O4/c1-15-6-5-7-16(2)21(15)19(25)24(20(26)22-21)14-23(3)12-13-28-18-10-8-17(27-4)9-11-18/h8-11,15-16H,5-7,12-14H2,1-4H3,(H,22,26)/t15-,16-/m0/s1. The summed E-state index contributed by atoms with van der Waals surface area (Å²) in [6, 6.07) is 7.11. The Balaban J connectivity index is 1.54. The van der Waals surface area contributed by atoms with Gasteiger partial charge in [0.25, 0.3) is 5.91 Å². The predicted octanol–water partition coefficient (Wildman–Crippen LogP) is 2.71. The Morgan fingerprint density at radius 1 is 1.14 bits per heavy atom. The van der Waals surface area contributed by atoms with Gasteiger partial charge >= 0.3 is 6.03 Å². The molecular weight excluding hydrogens is 358 g/mol. The minimum atomic E-state index is -0.740. The van der Waals surface area contributed by atoms with E-state index in [9.17, 15) is 9.59 Å². The Kier molecular flexibility index (Phi) is 6.13. The number of ether oxygens (including phenoxy) is 2. The zero-order chi connectivity index (χ0) is 20.3. The molecule has 2 atom stereocenters. The summed E-state index contributed by atoms with van der Waals surface area (Å²) in [7, 11) is 3.51. The maximum Gasteiger partial charge on any atom is 0.326 e. The third kappa shape index (κ3) is 3.81. The van der Waals surface area contributed by atoms with E-state index in [2.05, 4.69) is 19.2 Å². The second-order valence-electron chi connectivity index (χ2n) is 8.01. The summed E-state index contributed by atoms with van der Waals surface area (Å²) < 4.78 is 10.9. The third-order valence-electron chi connectivity index (χ3n) is 6.17. The maximum atomic E-state index is 13.2. The molecule has 0 aromatic heterocycles. The number of hydrogen-bond acceptors (Lipinski definition) is 5. The van der Waals surface area contributed by atoms with Crippen molar-refractivity contribution in [3.05, 3.63) is 24.3 Å². The first-order valence-electron chi connectivity index (χ1n) is 9.98. The van der Waals surface area contributed by atoms with Crippen molar-refractivity contribution in [3.63, 3.8) is 0 Å². The summed E-state index contributed by atoms with van der Waals surface area (Å²) in [5.41, 5.74) is -0.740. The number of likely N-dealkylation sites (N-methyl/N-ethyl adjacent to an activating group) is 1. The summed E-state index contributed by atoms with van der Waals surface area (Å²) in [5.74, 6) is 1.76. The lowest BCUT2D eigenvalue weighted by Crippen LogP contribution is -2.59. The van der Waals surface area contributed by atoms with Crippen LogP contribution in [0.5, 0.6) is 11.5 Å². The van der Waals surface area contributed by atoms with E-state index in [0.717, 1.165) is 30.8 Å². The van der Waals surface area contributed by atoms with Crippen molar-refractivity contribution < 1.29 is 19.1 Å². The normalized spacial score (nSPS) is 24.0. The molecule has 1 spiro atoms. The quantitative estimate of drug-likeness (QED) is 0.726. The van der Waals surface area contributed by atoms with Crippen molar-refractivity contribution in [2.75, 3.05) is 34.0 Å². The van der Waals surface area contributed by atoms with Crippen LogP contribution in [-0.2, 0) is 4.79 Å². The number of nitrogens with one attached hydrogen (secondary N) is 1. The number of methoxy groups -OCH3 is 1. The molecule has 2 aliphatic rings. The molecule has 1 aromatic carbocycles.